The van der Waals surface area contributed by atoms with E-state index in [0.29, 0.717) is 0 Å². The third-order valence-electron chi connectivity index (χ3n) is 5.96. The van der Waals surface area contributed by atoms with E-state index in [4.69, 9.17) is 5.73 Å². The second-order valence-corrected chi connectivity index (χ2v) is 8.17. The number of anilines is 2. The summed E-state index contributed by atoms with van der Waals surface area (Å²) in [6, 6.07) is 19.0. The minimum atomic E-state index is 0.289. The van der Waals surface area contributed by atoms with Crippen molar-refractivity contribution >= 4 is 22.7 Å². The van der Waals surface area contributed by atoms with E-state index in [-0.39, 0.29) is 5.95 Å². The van der Waals surface area contributed by atoms with Crippen LogP contribution in [0.5, 0.6) is 0 Å². The van der Waals surface area contributed by atoms with Gasteiger partial charge in [-0.1, -0.05) is 36.4 Å². The Morgan fingerprint density at radius 2 is 1.84 bits per heavy atom. The van der Waals surface area contributed by atoms with Crippen LogP contribution in [0.15, 0.2) is 60.8 Å². The van der Waals surface area contributed by atoms with Crippen LogP contribution in [-0.2, 0) is 0 Å². The van der Waals surface area contributed by atoms with Crippen molar-refractivity contribution in [2.75, 3.05) is 37.2 Å². The molecule has 31 heavy (non-hydrogen) atoms. The van der Waals surface area contributed by atoms with Gasteiger partial charge in [-0.05, 0) is 68.2 Å². The zero-order valence-electron chi connectivity index (χ0n) is 17.6. The Hall–Kier alpha value is -3.38. The lowest BCUT2D eigenvalue weighted by molar-refractivity contribution is 0.337. The SMILES string of the molecule is Nc1ncc(-c2cccc(-c3cc4ccccc4[nH]3)c2)c(NCCCN2CCCC2)n1. The number of nitrogens with zero attached hydrogens (tertiary/aromatic N) is 3. The number of likely N-dealkylation sites (tertiary alicyclic amines) is 1. The van der Waals surface area contributed by atoms with Crippen molar-refractivity contribution in [3.8, 4) is 22.4 Å². The van der Waals surface area contributed by atoms with Crippen LogP contribution in [0.25, 0.3) is 33.3 Å². The van der Waals surface area contributed by atoms with Crippen LogP contribution >= 0.6 is 0 Å². The number of benzene rings is 2. The number of nitrogens with one attached hydrogen (secondary N) is 2. The fraction of sp³-hybridized carbons (Fsp3) is 0.280. The fourth-order valence-corrected chi connectivity index (χ4v) is 4.34. The quantitative estimate of drug-likeness (QED) is 0.381. The summed E-state index contributed by atoms with van der Waals surface area (Å²) in [7, 11) is 0. The van der Waals surface area contributed by atoms with Gasteiger partial charge in [0.2, 0.25) is 5.95 Å². The van der Waals surface area contributed by atoms with E-state index in [1.165, 1.54) is 31.3 Å². The number of nitrogens with two attached hydrogens (primary N) is 1. The Kier molecular flexibility index (Phi) is 5.54. The van der Waals surface area contributed by atoms with Crippen molar-refractivity contribution in [1.82, 2.24) is 19.9 Å². The Labute approximate surface area is 182 Å². The predicted molar refractivity (Wildman–Crippen MR) is 128 cm³/mol. The minimum absolute atomic E-state index is 0.289. The maximum absolute atomic E-state index is 5.90. The van der Waals surface area contributed by atoms with Crippen molar-refractivity contribution in [3.05, 3.63) is 60.8 Å². The van der Waals surface area contributed by atoms with Gasteiger partial charge in [-0.15, -0.1) is 0 Å². The molecule has 1 aliphatic heterocycles. The Bertz CT molecular complexity index is 1140. The van der Waals surface area contributed by atoms with E-state index in [2.05, 4.69) is 73.7 Å². The third kappa shape index (κ3) is 4.39. The van der Waals surface area contributed by atoms with Gasteiger partial charge < -0.3 is 20.9 Å². The molecule has 1 saturated heterocycles. The molecule has 0 bridgehead atoms. The standard InChI is InChI=1S/C25H28N6/c26-25-28-17-21(24(30-25)27-11-6-14-31-12-3-4-13-31)18-8-5-9-19(15-18)23-16-20-7-1-2-10-22(20)29-23/h1-2,5,7-10,15-17,29H,3-4,6,11-14H2,(H3,26,27,28,30). The van der Waals surface area contributed by atoms with E-state index in [0.717, 1.165) is 53.2 Å². The molecule has 1 aliphatic rings. The van der Waals surface area contributed by atoms with E-state index in [1.807, 2.05) is 12.3 Å². The van der Waals surface area contributed by atoms with Crippen molar-refractivity contribution < 1.29 is 0 Å². The molecule has 0 radical (unpaired) electrons. The molecule has 4 N–H and O–H groups in total. The predicted octanol–water partition coefficient (Wildman–Crippen LogP) is 4.77. The van der Waals surface area contributed by atoms with Crippen LogP contribution in [-0.4, -0.2) is 46.0 Å². The maximum atomic E-state index is 5.90. The molecule has 0 atom stereocenters. The average Bonchev–Trinajstić information content (AvgIpc) is 3.47. The van der Waals surface area contributed by atoms with Crippen LogP contribution < -0.4 is 11.1 Å². The first kappa shape index (κ1) is 19.6. The second-order valence-electron chi connectivity index (χ2n) is 8.17. The summed E-state index contributed by atoms with van der Waals surface area (Å²) in [4.78, 5) is 14.8. The summed E-state index contributed by atoms with van der Waals surface area (Å²) in [6.07, 6.45) is 5.55. The van der Waals surface area contributed by atoms with E-state index >= 15 is 0 Å². The summed E-state index contributed by atoms with van der Waals surface area (Å²) < 4.78 is 0. The highest BCUT2D eigenvalue weighted by Gasteiger charge is 2.12. The highest BCUT2D eigenvalue weighted by Crippen LogP contribution is 2.31. The second kappa shape index (κ2) is 8.78. The van der Waals surface area contributed by atoms with Crippen LogP contribution in [0.3, 0.4) is 0 Å². The average molecular weight is 413 g/mol. The largest absolute Gasteiger partial charge is 0.369 e. The molecule has 0 amide bonds. The number of fused-ring (bicyclic) bond motifs is 1. The van der Waals surface area contributed by atoms with Crippen molar-refractivity contribution in [2.45, 2.75) is 19.3 Å². The lowest BCUT2D eigenvalue weighted by Crippen LogP contribution is -2.22. The van der Waals surface area contributed by atoms with Crippen molar-refractivity contribution in [1.29, 1.82) is 0 Å². The van der Waals surface area contributed by atoms with Crippen LogP contribution in [0.1, 0.15) is 19.3 Å². The first-order chi connectivity index (χ1) is 15.3. The number of hydrogen-bond donors (Lipinski definition) is 3. The molecule has 6 heteroatoms. The van der Waals surface area contributed by atoms with Crippen LogP contribution in [0, 0.1) is 0 Å². The number of aromatic nitrogens is 3. The van der Waals surface area contributed by atoms with Gasteiger partial charge in [0.05, 0.1) is 0 Å². The van der Waals surface area contributed by atoms with Crippen LogP contribution in [0.4, 0.5) is 11.8 Å². The highest BCUT2D eigenvalue weighted by molar-refractivity contribution is 5.87. The van der Waals surface area contributed by atoms with Gasteiger partial charge in [-0.2, -0.15) is 4.98 Å². The van der Waals surface area contributed by atoms with E-state index < -0.39 is 0 Å². The molecule has 2 aromatic carbocycles. The molecule has 0 saturated carbocycles. The first-order valence-electron chi connectivity index (χ1n) is 11.0. The van der Waals surface area contributed by atoms with E-state index in [9.17, 15) is 0 Å². The number of hydrogen-bond acceptors (Lipinski definition) is 5. The minimum Gasteiger partial charge on any atom is -0.369 e. The van der Waals surface area contributed by atoms with Crippen LogP contribution in [0.2, 0.25) is 0 Å². The monoisotopic (exact) mass is 412 g/mol. The summed E-state index contributed by atoms with van der Waals surface area (Å²) in [5.74, 6) is 1.08. The summed E-state index contributed by atoms with van der Waals surface area (Å²) in [5, 5.41) is 4.70. The molecule has 0 aliphatic carbocycles. The van der Waals surface area contributed by atoms with Gasteiger partial charge in [0, 0.05) is 34.9 Å². The van der Waals surface area contributed by atoms with Gasteiger partial charge >= 0.3 is 0 Å². The molecule has 4 aromatic rings. The topological polar surface area (TPSA) is 82.9 Å². The smallest absolute Gasteiger partial charge is 0.221 e. The number of H-pyrrole nitrogens is 1. The maximum Gasteiger partial charge on any atom is 0.221 e. The van der Waals surface area contributed by atoms with Gasteiger partial charge in [-0.3, -0.25) is 0 Å². The molecule has 3 heterocycles. The highest BCUT2D eigenvalue weighted by atomic mass is 15.1. The molecule has 1 fully saturated rings. The molecule has 5 rings (SSSR count). The molecule has 158 valence electrons. The summed E-state index contributed by atoms with van der Waals surface area (Å²) in [5.41, 5.74) is 11.3. The normalized spacial score (nSPS) is 14.3. The Morgan fingerprint density at radius 3 is 2.71 bits per heavy atom. The summed E-state index contributed by atoms with van der Waals surface area (Å²) >= 11 is 0. The summed E-state index contributed by atoms with van der Waals surface area (Å²) in [6.45, 7) is 4.44. The van der Waals surface area contributed by atoms with Gasteiger partial charge in [-0.25, -0.2) is 4.98 Å². The molecule has 2 aromatic heterocycles. The molecule has 0 unspecified atom stereocenters. The third-order valence-corrected chi connectivity index (χ3v) is 5.96. The lowest BCUT2D eigenvalue weighted by atomic mass is 10.0. The zero-order valence-corrected chi connectivity index (χ0v) is 17.6. The Balaban J connectivity index is 1.37. The van der Waals surface area contributed by atoms with Gasteiger partial charge in [0.1, 0.15) is 5.82 Å². The van der Waals surface area contributed by atoms with Gasteiger partial charge in [0.25, 0.3) is 0 Å². The molecule has 0 spiro atoms. The molecular formula is C25H28N6. The first-order valence-corrected chi connectivity index (χ1v) is 11.0. The number of aromatic amines is 1. The van der Waals surface area contributed by atoms with E-state index in [1.54, 1.807) is 0 Å². The zero-order chi connectivity index (χ0) is 21.0. The number of para-hydroxylation sites is 1. The Morgan fingerprint density at radius 1 is 1.00 bits per heavy atom. The van der Waals surface area contributed by atoms with Gasteiger partial charge in [0.15, 0.2) is 0 Å². The molecular weight excluding hydrogens is 384 g/mol. The fourth-order valence-electron chi connectivity index (χ4n) is 4.34. The lowest BCUT2D eigenvalue weighted by Gasteiger charge is -2.16. The number of rotatable bonds is 7. The molecule has 6 nitrogen and oxygen atoms in total. The van der Waals surface area contributed by atoms with Crippen molar-refractivity contribution in [2.24, 2.45) is 0 Å². The number of nitrogen functional groups attached to an aromatic ring is 1. The van der Waals surface area contributed by atoms with Crippen molar-refractivity contribution in [3.63, 3.8) is 0 Å².